The Labute approximate surface area is 139 Å². The number of hydrogen-bond acceptors (Lipinski definition) is 4. The van der Waals surface area contributed by atoms with E-state index in [2.05, 4.69) is 20.9 Å². The molecule has 0 radical (unpaired) electrons. The summed E-state index contributed by atoms with van der Waals surface area (Å²) in [6, 6.07) is 12.5. The van der Waals surface area contributed by atoms with Gasteiger partial charge < -0.3 is 20.7 Å². The van der Waals surface area contributed by atoms with E-state index in [9.17, 15) is 9.59 Å². The third-order valence-corrected chi connectivity index (χ3v) is 3.53. The van der Waals surface area contributed by atoms with Gasteiger partial charge in [-0.2, -0.15) is 0 Å². The number of nitrogens with zero attached hydrogens (tertiary/aromatic N) is 1. The smallest absolute Gasteiger partial charge is 0.319 e. The molecule has 0 spiro atoms. The van der Waals surface area contributed by atoms with E-state index in [0.717, 1.165) is 5.56 Å². The maximum atomic E-state index is 11.9. The number of anilines is 1. The molecule has 0 bridgehead atoms. The van der Waals surface area contributed by atoms with Crippen LogP contribution >= 0.6 is 0 Å². The largest absolute Gasteiger partial charge is 0.473 e. The van der Waals surface area contributed by atoms with Crippen LogP contribution in [0.25, 0.3) is 0 Å². The average Bonchev–Trinajstić information content (AvgIpc) is 2.99. The van der Waals surface area contributed by atoms with Gasteiger partial charge in [0.25, 0.3) is 0 Å². The van der Waals surface area contributed by atoms with Gasteiger partial charge in [-0.05, 0) is 11.6 Å². The normalized spacial score (nSPS) is 16.3. The number of carbonyl (C=O) groups excluding carboxylic acids is 2. The van der Waals surface area contributed by atoms with Crippen molar-refractivity contribution in [1.82, 2.24) is 15.6 Å². The lowest BCUT2D eigenvalue weighted by Gasteiger charge is -2.12. The van der Waals surface area contributed by atoms with Crippen molar-refractivity contribution >= 4 is 17.6 Å². The number of nitrogens with one attached hydrogen (secondary N) is 3. The van der Waals surface area contributed by atoms with Gasteiger partial charge in [-0.3, -0.25) is 4.79 Å². The van der Waals surface area contributed by atoms with Crippen LogP contribution in [0.2, 0.25) is 0 Å². The number of hydrogen-bond donors (Lipinski definition) is 3. The molecule has 7 heteroatoms. The molecule has 3 N–H and O–H groups in total. The van der Waals surface area contributed by atoms with E-state index >= 15 is 0 Å². The fourth-order valence-corrected chi connectivity index (χ4v) is 2.36. The third kappa shape index (κ3) is 4.45. The Hall–Kier alpha value is -3.09. The molecule has 7 nitrogen and oxygen atoms in total. The van der Waals surface area contributed by atoms with E-state index in [1.54, 1.807) is 18.3 Å². The Morgan fingerprint density at radius 1 is 1.29 bits per heavy atom. The van der Waals surface area contributed by atoms with Crippen molar-refractivity contribution in [3.63, 3.8) is 0 Å². The molecular formula is C17H18N4O3. The summed E-state index contributed by atoms with van der Waals surface area (Å²) in [4.78, 5) is 27.2. The van der Waals surface area contributed by atoms with Crippen molar-refractivity contribution in [3.05, 3.63) is 54.2 Å². The summed E-state index contributed by atoms with van der Waals surface area (Å²) in [6.07, 6.45) is 1.87. The lowest BCUT2D eigenvalue weighted by molar-refractivity contribution is -0.119. The highest BCUT2D eigenvalue weighted by Gasteiger charge is 2.22. The second kappa shape index (κ2) is 7.45. The maximum Gasteiger partial charge on any atom is 0.319 e. The van der Waals surface area contributed by atoms with Gasteiger partial charge in [0.15, 0.2) is 0 Å². The molecule has 0 unspecified atom stereocenters. The number of pyridine rings is 1. The molecule has 0 aliphatic carbocycles. The monoisotopic (exact) mass is 326 g/mol. The number of carbonyl (C=O) groups is 2. The molecule has 0 saturated carbocycles. The molecule has 1 fully saturated rings. The van der Waals surface area contributed by atoms with Crippen molar-refractivity contribution in [3.8, 4) is 5.88 Å². The first-order valence-corrected chi connectivity index (χ1v) is 7.66. The molecule has 124 valence electrons. The Morgan fingerprint density at radius 3 is 2.88 bits per heavy atom. The maximum absolute atomic E-state index is 11.9. The lowest BCUT2D eigenvalue weighted by atomic mass is 10.2. The number of ether oxygens (including phenoxy) is 1. The van der Waals surface area contributed by atoms with E-state index < -0.39 is 0 Å². The van der Waals surface area contributed by atoms with Crippen LogP contribution in [0.5, 0.6) is 5.88 Å². The van der Waals surface area contributed by atoms with Crippen LogP contribution in [-0.2, 0) is 11.4 Å². The van der Waals surface area contributed by atoms with Crippen LogP contribution in [0, 0.1) is 0 Å². The zero-order valence-electron chi connectivity index (χ0n) is 13.0. The van der Waals surface area contributed by atoms with Gasteiger partial charge in [-0.15, -0.1) is 0 Å². The highest BCUT2D eigenvalue weighted by atomic mass is 16.5. The number of amides is 3. The fourth-order valence-electron chi connectivity index (χ4n) is 2.36. The van der Waals surface area contributed by atoms with Gasteiger partial charge in [0.1, 0.15) is 6.61 Å². The van der Waals surface area contributed by atoms with Crippen LogP contribution < -0.4 is 20.7 Å². The summed E-state index contributed by atoms with van der Waals surface area (Å²) >= 11 is 0. The van der Waals surface area contributed by atoms with Crippen LogP contribution in [0.3, 0.4) is 0 Å². The zero-order valence-corrected chi connectivity index (χ0v) is 13.0. The minimum atomic E-state index is -0.364. The van der Waals surface area contributed by atoms with Crippen LogP contribution in [0.4, 0.5) is 10.5 Å². The Balaban J connectivity index is 1.52. The summed E-state index contributed by atoms with van der Waals surface area (Å²) in [6.45, 7) is 0.855. The first-order chi connectivity index (χ1) is 11.7. The Kier molecular flexibility index (Phi) is 4.90. The highest BCUT2D eigenvalue weighted by molar-refractivity contribution is 5.90. The molecule has 2 heterocycles. The van der Waals surface area contributed by atoms with E-state index in [0.29, 0.717) is 31.1 Å². The van der Waals surface area contributed by atoms with Gasteiger partial charge in [0.05, 0.1) is 6.04 Å². The predicted molar refractivity (Wildman–Crippen MR) is 88.6 cm³/mol. The molecule has 3 amide bonds. The topological polar surface area (TPSA) is 92.4 Å². The van der Waals surface area contributed by atoms with Gasteiger partial charge in [-0.1, -0.05) is 30.3 Å². The highest BCUT2D eigenvalue weighted by Crippen LogP contribution is 2.15. The quantitative estimate of drug-likeness (QED) is 0.779. The van der Waals surface area contributed by atoms with Gasteiger partial charge in [0, 0.05) is 30.9 Å². The fraction of sp³-hybridized carbons (Fsp3) is 0.235. The zero-order chi connectivity index (χ0) is 16.8. The molecular weight excluding hydrogens is 308 g/mol. The standard InChI is InChI=1S/C17H18N4O3/c22-15-8-14(10-19-15)21-17(23)20-13-6-7-18-16(9-13)24-11-12-4-2-1-3-5-12/h1-7,9,14H,8,10-11H2,(H,19,22)(H2,18,20,21,23)/t14-/m0/s1. The molecule has 1 aliphatic heterocycles. The Morgan fingerprint density at radius 2 is 2.12 bits per heavy atom. The van der Waals surface area contributed by atoms with E-state index in [4.69, 9.17) is 4.74 Å². The summed E-state index contributed by atoms with van der Waals surface area (Å²) < 4.78 is 5.62. The average molecular weight is 326 g/mol. The minimum absolute atomic E-state index is 0.0548. The third-order valence-electron chi connectivity index (χ3n) is 3.53. The minimum Gasteiger partial charge on any atom is -0.473 e. The van der Waals surface area contributed by atoms with Gasteiger partial charge in [-0.25, -0.2) is 9.78 Å². The van der Waals surface area contributed by atoms with Gasteiger partial charge in [0.2, 0.25) is 11.8 Å². The van der Waals surface area contributed by atoms with Crippen molar-refractivity contribution in [2.45, 2.75) is 19.1 Å². The van der Waals surface area contributed by atoms with Crippen molar-refractivity contribution in [1.29, 1.82) is 0 Å². The SMILES string of the molecule is O=C1C[C@H](NC(=O)Nc2ccnc(OCc3ccccc3)c2)CN1. The molecule has 1 aromatic carbocycles. The molecule has 2 aromatic rings. The van der Waals surface area contributed by atoms with Crippen LogP contribution in [0.1, 0.15) is 12.0 Å². The summed E-state index contributed by atoms with van der Waals surface area (Å²) in [5.74, 6) is 0.371. The second-order valence-electron chi connectivity index (χ2n) is 5.46. The number of rotatable bonds is 5. The van der Waals surface area contributed by atoms with E-state index in [1.165, 1.54) is 0 Å². The van der Waals surface area contributed by atoms with Crippen molar-refractivity contribution in [2.24, 2.45) is 0 Å². The molecule has 24 heavy (non-hydrogen) atoms. The van der Waals surface area contributed by atoms with E-state index in [1.807, 2.05) is 30.3 Å². The predicted octanol–water partition coefficient (Wildman–Crippen LogP) is 1.67. The van der Waals surface area contributed by atoms with Gasteiger partial charge >= 0.3 is 6.03 Å². The second-order valence-corrected chi connectivity index (χ2v) is 5.46. The van der Waals surface area contributed by atoms with Crippen LogP contribution in [-0.4, -0.2) is 29.5 Å². The van der Waals surface area contributed by atoms with E-state index in [-0.39, 0.29) is 18.0 Å². The molecule has 1 aromatic heterocycles. The first-order valence-electron chi connectivity index (χ1n) is 7.66. The first kappa shape index (κ1) is 15.8. The lowest BCUT2D eigenvalue weighted by Crippen LogP contribution is -2.39. The molecule has 1 aliphatic rings. The molecule has 3 rings (SSSR count). The number of urea groups is 1. The molecule has 1 atom stereocenters. The molecule has 1 saturated heterocycles. The Bertz CT molecular complexity index is 721. The number of benzene rings is 1. The van der Waals surface area contributed by atoms with Crippen molar-refractivity contribution < 1.29 is 14.3 Å². The summed E-state index contributed by atoms with van der Waals surface area (Å²) in [7, 11) is 0. The summed E-state index contributed by atoms with van der Waals surface area (Å²) in [5.41, 5.74) is 1.61. The van der Waals surface area contributed by atoms with Crippen molar-refractivity contribution in [2.75, 3.05) is 11.9 Å². The van der Waals surface area contributed by atoms with Crippen LogP contribution in [0.15, 0.2) is 48.7 Å². The summed E-state index contributed by atoms with van der Waals surface area (Å²) in [5, 5.41) is 8.12. The number of aromatic nitrogens is 1.